The summed E-state index contributed by atoms with van der Waals surface area (Å²) in [5.41, 5.74) is 1.10. The normalized spacial score (nSPS) is 18.0. The first kappa shape index (κ1) is 19.5. The molecule has 0 bridgehead atoms. The fourth-order valence-corrected chi connectivity index (χ4v) is 2.60. The molecule has 1 saturated heterocycles. The van der Waals surface area contributed by atoms with Crippen LogP contribution in [-0.2, 0) is 11.3 Å². The van der Waals surface area contributed by atoms with Gasteiger partial charge in [0.2, 0.25) is 0 Å². The fraction of sp³-hybridized carbons (Fsp3) is 0.562. The van der Waals surface area contributed by atoms with Crippen LogP contribution in [0, 0.1) is 0 Å². The topological polar surface area (TPSA) is 36.9 Å². The maximum atomic E-state index is 6.22. The molecular formula is C16H25ClIN3O. The van der Waals surface area contributed by atoms with Crippen molar-refractivity contribution >= 4 is 41.5 Å². The van der Waals surface area contributed by atoms with Crippen molar-refractivity contribution in [1.82, 2.24) is 10.2 Å². The summed E-state index contributed by atoms with van der Waals surface area (Å²) in [5, 5.41) is 4.11. The lowest BCUT2D eigenvalue weighted by atomic mass is 10.2. The average Bonchev–Trinajstić information content (AvgIpc) is 2.99. The highest BCUT2D eigenvalue weighted by molar-refractivity contribution is 14.0. The molecule has 1 aliphatic heterocycles. The molecule has 0 aromatic heterocycles. The predicted molar refractivity (Wildman–Crippen MR) is 103 cm³/mol. The van der Waals surface area contributed by atoms with Gasteiger partial charge in [0, 0.05) is 31.8 Å². The minimum Gasteiger partial charge on any atom is -0.376 e. The van der Waals surface area contributed by atoms with Gasteiger partial charge in [0.05, 0.1) is 12.6 Å². The molecule has 2 rings (SSSR count). The Morgan fingerprint density at radius 1 is 1.45 bits per heavy atom. The van der Waals surface area contributed by atoms with E-state index in [1.807, 2.05) is 31.3 Å². The summed E-state index contributed by atoms with van der Waals surface area (Å²) in [6, 6.07) is 7.91. The van der Waals surface area contributed by atoms with E-state index in [1.54, 1.807) is 0 Å². The van der Waals surface area contributed by atoms with E-state index < -0.39 is 0 Å². The number of aliphatic imine (C=N–C) groups is 1. The van der Waals surface area contributed by atoms with E-state index in [9.17, 15) is 0 Å². The lowest BCUT2D eigenvalue weighted by Gasteiger charge is -2.23. The summed E-state index contributed by atoms with van der Waals surface area (Å²) < 4.78 is 5.62. The summed E-state index contributed by atoms with van der Waals surface area (Å²) >= 11 is 6.22. The second-order valence-electron chi connectivity index (χ2n) is 5.28. The lowest BCUT2D eigenvalue weighted by molar-refractivity contribution is 0.117. The van der Waals surface area contributed by atoms with E-state index in [0.717, 1.165) is 55.6 Å². The second kappa shape index (κ2) is 10.3. The maximum Gasteiger partial charge on any atom is 0.194 e. The van der Waals surface area contributed by atoms with Crippen molar-refractivity contribution < 1.29 is 4.74 Å². The first-order valence-corrected chi connectivity index (χ1v) is 7.93. The molecule has 0 aliphatic carbocycles. The number of nitrogens with one attached hydrogen (secondary N) is 1. The Morgan fingerprint density at radius 2 is 2.23 bits per heavy atom. The van der Waals surface area contributed by atoms with Crippen molar-refractivity contribution in [2.24, 2.45) is 4.99 Å². The highest BCUT2D eigenvalue weighted by Gasteiger charge is 2.16. The van der Waals surface area contributed by atoms with Crippen LogP contribution in [0.3, 0.4) is 0 Å². The largest absolute Gasteiger partial charge is 0.376 e. The molecule has 1 aromatic carbocycles. The molecule has 22 heavy (non-hydrogen) atoms. The Balaban J connectivity index is 0.00000242. The maximum absolute atomic E-state index is 6.22. The third kappa shape index (κ3) is 5.93. The van der Waals surface area contributed by atoms with Crippen molar-refractivity contribution in [3.8, 4) is 0 Å². The summed E-state index contributed by atoms with van der Waals surface area (Å²) in [7, 11) is 2.03. The van der Waals surface area contributed by atoms with Gasteiger partial charge in [0.25, 0.3) is 0 Å². The van der Waals surface area contributed by atoms with Gasteiger partial charge in [-0.15, -0.1) is 24.0 Å². The fourth-order valence-electron chi connectivity index (χ4n) is 2.40. The predicted octanol–water partition coefficient (Wildman–Crippen LogP) is 3.53. The summed E-state index contributed by atoms with van der Waals surface area (Å²) in [4.78, 5) is 6.78. The van der Waals surface area contributed by atoms with Crippen LogP contribution in [0.25, 0.3) is 0 Å². The molecule has 1 aromatic rings. The molecule has 0 saturated carbocycles. The van der Waals surface area contributed by atoms with Crippen molar-refractivity contribution in [2.75, 3.05) is 26.7 Å². The molecule has 6 heteroatoms. The van der Waals surface area contributed by atoms with E-state index in [2.05, 4.69) is 22.1 Å². The van der Waals surface area contributed by atoms with Crippen LogP contribution in [0.15, 0.2) is 29.3 Å². The SMILES string of the molecule is CCNC(=NCC1CCCO1)N(C)Cc1ccccc1Cl.I. The second-order valence-corrected chi connectivity index (χ2v) is 5.68. The number of hydrogen-bond donors (Lipinski definition) is 1. The third-order valence-electron chi connectivity index (χ3n) is 3.53. The van der Waals surface area contributed by atoms with Gasteiger partial charge < -0.3 is 15.0 Å². The van der Waals surface area contributed by atoms with Gasteiger partial charge in [-0.25, -0.2) is 0 Å². The molecule has 1 fully saturated rings. The average molecular weight is 438 g/mol. The van der Waals surface area contributed by atoms with Crippen LogP contribution in [0.5, 0.6) is 0 Å². The number of nitrogens with zero attached hydrogens (tertiary/aromatic N) is 2. The summed E-state index contributed by atoms with van der Waals surface area (Å²) in [6.45, 7) is 5.24. The molecule has 4 nitrogen and oxygen atoms in total. The van der Waals surface area contributed by atoms with Gasteiger partial charge in [0.1, 0.15) is 0 Å². The van der Waals surface area contributed by atoms with Gasteiger partial charge in [-0.3, -0.25) is 4.99 Å². The monoisotopic (exact) mass is 437 g/mol. The van der Waals surface area contributed by atoms with Crippen molar-refractivity contribution in [3.63, 3.8) is 0 Å². The molecular weight excluding hydrogens is 413 g/mol. The Hall–Kier alpha value is -0.530. The Kier molecular flexibility index (Phi) is 9.12. The van der Waals surface area contributed by atoms with Crippen molar-refractivity contribution in [1.29, 1.82) is 0 Å². The minimum atomic E-state index is 0. The Bertz CT molecular complexity index is 478. The first-order chi connectivity index (χ1) is 10.2. The number of rotatable bonds is 5. The minimum absolute atomic E-state index is 0. The molecule has 1 N–H and O–H groups in total. The molecule has 124 valence electrons. The summed E-state index contributed by atoms with van der Waals surface area (Å²) in [5.74, 6) is 0.896. The van der Waals surface area contributed by atoms with Gasteiger partial charge in [-0.1, -0.05) is 29.8 Å². The lowest BCUT2D eigenvalue weighted by Crippen LogP contribution is -2.39. The van der Waals surface area contributed by atoms with Crippen LogP contribution in [-0.4, -0.2) is 43.7 Å². The molecule has 1 atom stereocenters. The van der Waals surface area contributed by atoms with Crippen molar-refractivity contribution in [3.05, 3.63) is 34.9 Å². The van der Waals surface area contributed by atoms with Gasteiger partial charge in [-0.05, 0) is 31.4 Å². The molecule has 1 aliphatic rings. The Labute approximate surface area is 155 Å². The van der Waals surface area contributed by atoms with Crippen LogP contribution in [0.4, 0.5) is 0 Å². The number of hydrogen-bond acceptors (Lipinski definition) is 2. The Morgan fingerprint density at radius 3 is 2.86 bits per heavy atom. The highest BCUT2D eigenvalue weighted by atomic mass is 127. The molecule has 0 radical (unpaired) electrons. The van der Waals surface area contributed by atoms with Gasteiger partial charge in [-0.2, -0.15) is 0 Å². The number of ether oxygens (including phenoxy) is 1. The van der Waals surface area contributed by atoms with Gasteiger partial charge >= 0.3 is 0 Å². The van der Waals surface area contributed by atoms with E-state index in [4.69, 9.17) is 16.3 Å². The standard InChI is InChI=1S/C16H24ClN3O.HI/c1-3-18-16(19-11-14-8-6-10-21-14)20(2)12-13-7-4-5-9-15(13)17;/h4-5,7,9,14H,3,6,8,10-12H2,1-2H3,(H,18,19);1H. The zero-order valence-electron chi connectivity index (χ0n) is 13.2. The van der Waals surface area contributed by atoms with E-state index in [0.29, 0.717) is 0 Å². The van der Waals surface area contributed by atoms with Crippen molar-refractivity contribution in [2.45, 2.75) is 32.4 Å². The zero-order chi connectivity index (χ0) is 15.1. The van der Waals surface area contributed by atoms with Crippen LogP contribution < -0.4 is 5.32 Å². The van der Waals surface area contributed by atoms with Crippen LogP contribution in [0.2, 0.25) is 5.02 Å². The van der Waals surface area contributed by atoms with Gasteiger partial charge in [0.15, 0.2) is 5.96 Å². The van der Waals surface area contributed by atoms with Crippen LogP contribution >= 0.6 is 35.6 Å². The molecule has 1 heterocycles. The first-order valence-electron chi connectivity index (χ1n) is 7.55. The molecule has 1 unspecified atom stereocenters. The van der Waals surface area contributed by atoms with E-state index in [-0.39, 0.29) is 30.1 Å². The van der Waals surface area contributed by atoms with E-state index >= 15 is 0 Å². The highest BCUT2D eigenvalue weighted by Crippen LogP contribution is 2.17. The number of guanidine groups is 1. The zero-order valence-corrected chi connectivity index (χ0v) is 16.3. The van der Waals surface area contributed by atoms with E-state index in [1.165, 1.54) is 0 Å². The summed E-state index contributed by atoms with van der Waals surface area (Å²) in [6.07, 6.45) is 2.52. The molecule has 0 amide bonds. The number of benzene rings is 1. The van der Waals surface area contributed by atoms with Crippen LogP contribution in [0.1, 0.15) is 25.3 Å². The molecule has 0 spiro atoms. The third-order valence-corrected chi connectivity index (χ3v) is 3.90. The number of halogens is 2. The smallest absolute Gasteiger partial charge is 0.194 e. The quantitative estimate of drug-likeness (QED) is 0.435.